The monoisotopic (exact) mass is 289 g/mol. The lowest BCUT2D eigenvalue weighted by atomic mass is 9.77. The summed E-state index contributed by atoms with van der Waals surface area (Å²) in [4.78, 5) is 13.7. The molecule has 4 nitrogen and oxygen atoms in total. The van der Waals surface area contributed by atoms with Gasteiger partial charge in [-0.2, -0.15) is 0 Å². The number of nitrogens with zero attached hydrogens (tertiary/aromatic N) is 1. The van der Waals surface area contributed by atoms with Crippen molar-refractivity contribution in [3.05, 3.63) is 0 Å². The minimum atomic E-state index is -2.63. The molecule has 0 aromatic rings. The van der Waals surface area contributed by atoms with Crippen molar-refractivity contribution in [1.29, 1.82) is 0 Å². The quantitative estimate of drug-likeness (QED) is 0.795. The van der Waals surface area contributed by atoms with Gasteiger partial charge in [0.2, 0.25) is 11.8 Å². The van der Waals surface area contributed by atoms with Gasteiger partial charge >= 0.3 is 0 Å². The van der Waals surface area contributed by atoms with Gasteiger partial charge in [0.15, 0.2) is 0 Å². The zero-order valence-electron chi connectivity index (χ0n) is 11.7. The van der Waals surface area contributed by atoms with Gasteiger partial charge in [-0.1, -0.05) is 0 Å². The number of hydrogen-bond acceptors (Lipinski definition) is 3. The van der Waals surface area contributed by atoms with E-state index in [0.29, 0.717) is 26.3 Å². The van der Waals surface area contributed by atoms with Crippen molar-refractivity contribution in [2.24, 2.45) is 5.92 Å². The van der Waals surface area contributed by atoms with Crippen LogP contribution in [0.5, 0.6) is 0 Å². The van der Waals surface area contributed by atoms with Crippen LogP contribution in [0.1, 0.15) is 32.6 Å². The maximum absolute atomic E-state index is 12.8. The molecule has 3 fully saturated rings. The van der Waals surface area contributed by atoms with E-state index in [1.54, 1.807) is 4.90 Å². The summed E-state index contributed by atoms with van der Waals surface area (Å²) >= 11 is 0. The first-order chi connectivity index (χ1) is 9.43. The van der Waals surface area contributed by atoms with E-state index in [1.165, 1.54) is 0 Å². The molecule has 1 spiro atoms. The van der Waals surface area contributed by atoms with E-state index in [2.05, 4.69) is 0 Å². The molecule has 0 bridgehead atoms. The Morgan fingerprint density at radius 2 is 2.05 bits per heavy atom. The molecule has 0 aromatic heterocycles. The van der Waals surface area contributed by atoms with E-state index >= 15 is 0 Å². The van der Waals surface area contributed by atoms with Crippen molar-refractivity contribution in [2.75, 3.05) is 26.3 Å². The number of hydrogen-bond donors (Lipinski definition) is 0. The first-order valence-corrected chi connectivity index (χ1v) is 7.35. The fourth-order valence-electron chi connectivity index (χ4n) is 3.48. The third-order valence-corrected chi connectivity index (χ3v) is 4.56. The van der Waals surface area contributed by atoms with Gasteiger partial charge in [0, 0.05) is 38.4 Å². The summed E-state index contributed by atoms with van der Waals surface area (Å²) in [6, 6.07) is 0. The molecule has 2 aliphatic heterocycles. The SMILES string of the molecule is CCO[C@H]1CCOC2(C1)CN(C(=O)C1CC(F)(F)C1)C2. The number of alkyl halides is 2. The molecular formula is C14H21F2NO3. The van der Waals surface area contributed by atoms with Crippen LogP contribution in [0, 0.1) is 5.92 Å². The second-order valence-corrected chi connectivity index (χ2v) is 6.26. The van der Waals surface area contributed by atoms with Crippen LogP contribution in [0.15, 0.2) is 0 Å². The van der Waals surface area contributed by atoms with Crippen LogP contribution >= 0.6 is 0 Å². The summed E-state index contributed by atoms with van der Waals surface area (Å²) in [5.41, 5.74) is -0.292. The number of ether oxygens (including phenoxy) is 2. The Balaban J connectivity index is 1.49. The molecule has 2 saturated heterocycles. The van der Waals surface area contributed by atoms with Crippen molar-refractivity contribution in [3.63, 3.8) is 0 Å². The zero-order valence-corrected chi connectivity index (χ0v) is 11.7. The topological polar surface area (TPSA) is 38.8 Å². The summed E-state index contributed by atoms with van der Waals surface area (Å²) in [5, 5.41) is 0. The fraction of sp³-hybridized carbons (Fsp3) is 0.929. The summed E-state index contributed by atoms with van der Waals surface area (Å²) in [7, 11) is 0. The van der Waals surface area contributed by atoms with E-state index in [0.717, 1.165) is 12.8 Å². The Labute approximate surface area is 117 Å². The third kappa shape index (κ3) is 2.55. The fourth-order valence-corrected chi connectivity index (χ4v) is 3.48. The number of carbonyl (C=O) groups excluding carboxylic acids is 1. The van der Waals surface area contributed by atoms with Gasteiger partial charge in [-0.15, -0.1) is 0 Å². The van der Waals surface area contributed by atoms with E-state index in [1.807, 2.05) is 6.92 Å². The van der Waals surface area contributed by atoms with Crippen molar-refractivity contribution >= 4 is 5.91 Å². The molecule has 1 aliphatic carbocycles. The lowest BCUT2D eigenvalue weighted by Crippen LogP contribution is -2.68. The van der Waals surface area contributed by atoms with E-state index in [4.69, 9.17) is 9.47 Å². The molecule has 0 N–H and O–H groups in total. The van der Waals surface area contributed by atoms with Gasteiger partial charge in [-0.25, -0.2) is 8.78 Å². The predicted molar refractivity (Wildman–Crippen MR) is 67.6 cm³/mol. The Bertz CT molecular complexity index is 386. The molecular weight excluding hydrogens is 268 g/mol. The van der Waals surface area contributed by atoms with Crippen LogP contribution in [-0.2, 0) is 14.3 Å². The molecule has 114 valence electrons. The van der Waals surface area contributed by atoms with Gasteiger partial charge in [0.25, 0.3) is 0 Å². The van der Waals surface area contributed by atoms with Crippen LogP contribution in [0.2, 0.25) is 0 Å². The molecule has 3 rings (SSSR count). The molecule has 0 aromatic carbocycles. The minimum absolute atomic E-state index is 0.135. The summed E-state index contributed by atoms with van der Waals surface area (Å²) in [6.07, 6.45) is 1.29. The standard InChI is InChI=1S/C14H21F2NO3/c1-2-19-11-3-4-20-13(7-11)8-17(9-13)12(18)10-5-14(15,16)6-10/h10-11H,2-9H2,1H3/t11-/m0/s1. The number of likely N-dealkylation sites (tertiary alicyclic amines) is 1. The Hall–Kier alpha value is -0.750. The zero-order chi connectivity index (χ0) is 14.4. The largest absolute Gasteiger partial charge is 0.378 e. The number of carbonyl (C=O) groups is 1. The Kier molecular flexibility index (Phi) is 3.49. The van der Waals surface area contributed by atoms with Gasteiger partial charge < -0.3 is 14.4 Å². The van der Waals surface area contributed by atoms with Crippen molar-refractivity contribution in [1.82, 2.24) is 4.90 Å². The van der Waals surface area contributed by atoms with Crippen LogP contribution < -0.4 is 0 Å². The second kappa shape index (κ2) is 4.91. The highest BCUT2D eigenvalue weighted by Crippen LogP contribution is 2.45. The van der Waals surface area contributed by atoms with Gasteiger partial charge in [-0.05, 0) is 13.3 Å². The van der Waals surface area contributed by atoms with E-state index in [-0.39, 0.29) is 30.5 Å². The lowest BCUT2D eigenvalue weighted by Gasteiger charge is -2.54. The maximum Gasteiger partial charge on any atom is 0.249 e. The molecule has 0 radical (unpaired) electrons. The highest BCUT2D eigenvalue weighted by atomic mass is 19.3. The Morgan fingerprint density at radius 3 is 2.65 bits per heavy atom. The lowest BCUT2D eigenvalue weighted by molar-refractivity contribution is -0.209. The van der Waals surface area contributed by atoms with E-state index < -0.39 is 11.8 Å². The molecule has 1 saturated carbocycles. The summed E-state index contributed by atoms with van der Waals surface area (Å²) in [5.74, 6) is -3.26. The Morgan fingerprint density at radius 1 is 1.35 bits per heavy atom. The highest BCUT2D eigenvalue weighted by molar-refractivity contribution is 5.81. The minimum Gasteiger partial charge on any atom is -0.378 e. The second-order valence-electron chi connectivity index (χ2n) is 6.26. The highest BCUT2D eigenvalue weighted by Gasteiger charge is 2.55. The van der Waals surface area contributed by atoms with Crippen molar-refractivity contribution in [3.8, 4) is 0 Å². The van der Waals surface area contributed by atoms with Crippen LogP contribution in [0.25, 0.3) is 0 Å². The molecule has 1 amide bonds. The molecule has 1 atom stereocenters. The molecule has 20 heavy (non-hydrogen) atoms. The predicted octanol–water partition coefficient (Wildman–Crippen LogP) is 1.83. The summed E-state index contributed by atoms with van der Waals surface area (Å²) < 4.78 is 37.1. The molecule has 3 aliphatic rings. The number of rotatable bonds is 3. The average Bonchev–Trinajstić information content (AvgIpc) is 2.33. The van der Waals surface area contributed by atoms with Crippen molar-refractivity contribution in [2.45, 2.75) is 50.2 Å². The number of amides is 1. The molecule has 2 heterocycles. The first kappa shape index (κ1) is 14.2. The van der Waals surface area contributed by atoms with E-state index in [9.17, 15) is 13.6 Å². The van der Waals surface area contributed by atoms with Crippen LogP contribution in [0.3, 0.4) is 0 Å². The third-order valence-electron chi connectivity index (χ3n) is 4.56. The van der Waals surface area contributed by atoms with Gasteiger partial charge in [0.1, 0.15) is 5.60 Å². The van der Waals surface area contributed by atoms with Crippen LogP contribution in [-0.4, -0.2) is 54.7 Å². The maximum atomic E-state index is 12.8. The van der Waals surface area contributed by atoms with Gasteiger partial charge in [0.05, 0.1) is 19.2 Å². The van der Waals surface area contributed by atoms with Crippen molar-refractivity contribution < 1.29 is 23.0 Å². The van der Waals surface area contributed by atoms with Crippen LogP contribution in [0.4, 0.5) is 8.78 Å². The molecule has 0 unspecified atom stereocenters. The molecule has 6 heteroatoms. The smallest absolute Gasteiger partial charge is 0.249 e. The number of halogens is 2. The summed E-state index contributed by atoms with van der Waals surface area (Å²) in [6.45, 7) is 4.35. The normalized spacial score (nSPS) is 31.8. The first-order valence-electron chi connectivity index (χ1n) is 7.35. The average molecular weight is 289 g/mol. The van der Waals surface area contributed by atoms with Gasteiger partial charge in [-0.3, -0.25) is 4.79 Å².